The van der Waals surface area contributed by atoms with Crippen LogP contribution in [0, 0.1) is 5.82 Å². The lowest BCUT2D eigenvalue weighted by Gasteiger charge is -2.12. The van der Waals surface area contributed by atoms with Crippen molar-refractivity contribution in [3.05, 3.63) is 101 Å². The van der Waals surface area contributed by atoms with Crippen molar-refractivity contribution in [2.24, 2.45) is 0 Å². The molecule has 2 aromatic rings. The second-order valence-corrected chi connectivity index (χ2v) is 6.28. The molecule has 0 spiro atoms. The molecule has 0 aromatic heterocycles. The first-order chi connectivity index (χ1) is 12.7. The molecular formula is C23H22FNO. The SMILES string of the molecule is O=C(C1=CCCC=C1)/C(=C/c1ccc(F)cc1)CNCc1ccccc1. The molecular weight excluding hydrogens is 325 g/mol. The smallest absolute Gasteiger partial charge is 0.189 e. The molecule has 0 atom stereocenters. The molecule has 0 bridgehead atoms. The molecule has 2 aromatic carbocycles. The third kappa shape index (κ3) is 5.11. The molecule has 2 nitrogen and oxygen atoms in total. The van der Waals surface area contributed by atoms with Gasteiger partial charge in [0.05, 0.1) is 0 Å². The lowest BCUT2D eigenvalue weighted by atomic mass is 9.96. The summed E-state index contributed by atoms with van der Waals surface area (Å²) in [6, 6.07) is 16.3. The maximum atomic E-state index is 13.1. The summed E-state index contributed by atoms with van der Waals surface area (Å²) in [4.78, 5) is 12.9. The van der Waals surface area contributed by atoms with Crippen LogP contribution in [0.2, 0.25) is 0 Å². The molecule has 0 amide bonds. The van der Waals surface area contributed by atoms with Gasteiger partial charge in [0.15, 0.2) is 5.78 Å². The fourth-order valence-electron chi connectivity index (χ4n) is 2.86. The van der Waals surface area contributed by atoms with Crippen molar-refractivity contribution in [3.8, 4) is 0 Å². The van der Waals surface area contributed by atoms with Gasteiger partial charge in [0.1, 0.15) is 5.82 Å². The van der Waals surface area contributed by atoms with Gasteiger partial charge in [0, 0.05) is 24.2 Å². The zero-order chi connectivity index (χ0) is 18.2. The van der Waals surface area contributed by atoms with Gasteiger partial charge >= 0.3 is 0 Å². The summed E-state index contributed by atoms with van der Waals surface area (Å²) in [7, 11) is 0. The van der Waals surface area contributed by atoms with Gasteiger partial charge in [-0.2, -0.15) is 0 Å². The summed E-state index contributed by atoms with van der Waals surface area (Å²) in [6.07, 6.45) is 9.60. The number of carbonyl (C=O) groups is 1. The lowest BCUT2D eigenvalue weighted by molar-refractivity contribution is -0.112. The summed E-state index contributed by atoms with van der Waals surface area (Å²) < 4.78 is 13.1. The van der Waals surface area contributed by atoms with Crippen molar-refractivity contribution in [2.45, 2.75) is 19.4 Å². The number of allylic oxidation sites excluding steroid dienone is 4. The van der Waals surface area contributed by atoms with Gasteiger partial charge in [-0.3, -0.25) is 4.79 Å². The number of Topliss-reactive ketones (excluding diaryl/α,β-unsaturated/α-hetero) is 1. The van der Waals surface area contributed by atoms with Crippen molar-refractivity contribution in [1.29, 1.82) is 0 Å². The van der Waals surface area contributed by atoms with Crippen LogP contribution >= 0.6 is 0 Å². The van der Waals surface area contributed by atoms with Gasteiger partial charge in [0.25, 0.3) is 0 Å². The predicted octanol–water partition coefficient (Wildman–Crippen LogP) is 4.84. The van der Waals surface area contributed by atoms with E-state index in [-0.39, 0.29) is 11.6 Å². The first-order valence-corrected chi connectivity index (χ1v) is 8.84. The molecule has 0 aliphatic heterocycles. The average molecular weight is 347 g/mol. The van der Waals surface area contributed by atoms with E-state index in [1.807, 2.05) is 54.6 Å². The molecule has 0 unspecified atom stereocenters. The third-order valence-corrected chi connectivity index (χ3v) is 4.25. The Labute approximate surface area is 153 Å². The molecule has 1 aliphatic carbocycles. The normalized spacial score (nSPS) is 14.2. The highest BCUT2D eigenvalue weighted by Gasteiger charge is 2.14. The summed E-state index contributed by atoms with van der Waals surface area (Å²) in [5.74, 6) is -0.263. The Morgan fingerprint density at radius 2 is 1.81 bits per heavy atom. The Balaban J connectivity index is 1.76. The molecule has 1 aliphatic rings. The quantitative estimate of drug-likeness (QED) is 0.726. The monoisotopic (exact) mass is 347 g/mol. The van der Waals surface area contributed by atoms with Crippen LogP contribution < -0.4 is 5.32 Å². The standard InChI is InChI=1S/C23H22FNO/c24-22-13-11-18(12-14-22)15-21(23(26)20-9-5-2-6-10-20)17-25-16-19-7-3-1-4-8-19/h1,3-5,7-15,25H,2,6,16-17H2/b21-15+. The van der Waals surface area contributed by atoms with Crippen molar-refractivity contribution in [1.82, 2.24) is 5.32 Å². The fourth-order valence-corrected chi connectivity index (χ4v) is 2.86. The first kappa shape index (κ1) is 18.0. The molecule has 1 N–H and O–H groups in total. The number of hydrogen-bond donors (Lipinski definition) is 1. The van der Waals surface area contributed by atoms with E-state index in [0.717, 1.165) is 29.5 Å². The van der Waals surface area contributed by atoms with Crippen LogP contribution in [0.4, 0.5) is 4.39 Å². The Bertz CT molecular complexity index is 832. The molecule has 0 saturated heterocycles. The van der Waals surface area contributed by atoms with Crippen LogP contribution in [0.25, 0.3) is 6.08 Å². The predicted molar refractivity (Wildman–Crippen MR) is 104 cm³/mol. The number of nitrogens with one attached hydrogen (secondary N) is 1. The first-order valence-electron chi connectivity index (χ1n) is 8.84. The van der Waals surface area contributed by atoms with Crippen LogP contribution in [0.15, 0.2) is 84.0 Å². The van der Waals surface area contributed by atoms with Crippen LogP contribution in [-0.2, 0) is 11.3 Å². The van der Waals surface area contributed by atoms with Crippen LogP contribution in [0.1, 0.15) is 24.0 Å². The van der Waals surface area contributed by atoms with E-state index in [2.05, 4.69) is 5.32 Å². The molecule has 3 heteroatoms. The van der Waals surface area contributed by atoms with E-state index >= 15 is 0 Å². The van der Waals surface area contributed by atoms with E-state index in [4.69, 9.17) is 0 Å². The highest BCUT2D eigenvalue weighted by atomic mass is 19.1. The van der Waals surface area contributed by atoms with Crippen LogP contribution in [0.3, 0.4) is 0 Å². The Kier molecular flexibility index (Phi) is 6.29. The molecule has 0 radical (unpaired) electrons. The van der Waals surface area contributed by atoms with Crippen molar-refractivity contribution in [2.75, 3.05) is 6.54 Å². The highest BCUT2D eigenvalue weighted by Crippen LogP contribution is 2.17. The van der Waals surface area contributed by atoms with E-state index < -0.39 is 0 Å². The molecule has 0 saturated carbocycles. The summed E-state index contributed by atoms with van der Waals surface area (Å²) in [5, 5.41) is 3.34. The molecule has 132 valence electrons. The third-order valence-electron chi connectivity index (χ3n) is 4.25. The van der Waals surface area contributed by atoms with Crippen molar-refractivity contribution >= 4 is 11.9 Å². The summed E-state index contributed by atoms with van der Waals surface area (Å²) in [6.45, 7) is 1.14. The Morgan fingerprint density at radius 1 is 1.04 bits per heavy atom. The van der Waals surface area contributed by atoms with Crippen LogP contribution in [-0.4, -0.2) is 12.3 Å². The Hall–Kier alpha value is -2.78. The minimum Gasteiger partial charge on any atom is -0.308 e. The number of halogens is 1. The molecule has 0 fully saturated rings. The minimum atomic E-state index is -0.282. The number of rotatable bonds is 7. The number of hydrogen-bond acceptors (Lipinski definition) is 2. The van der Waals surface area contributed by atoms with E-state index in [9.17, 15) is 9.18 Å². The topological polar surface area (TPSA) is 29.1 Å². The highest BCUT2D eigenvalue weighted by molar-refractivity contribution is 6.12. The van der Waals surface area contributed by atoms with Crippen molar-refractivity contribution < 1.29 is 9.18 Å². The van der Waals surface area contributed by atoms with Gasteiger partial charge in [0.2, 0.25) is 0 Å². The maximum absolute atomic E-state index is 13.1. The summed E-state index contributed by atoms with van der Waals surface area (Å²) >= 11 is 0. The average Bonchev–Trinajstić information content (AvgIpc) is 2.70. The zero-order valence-electron chi connectivity index (χ0n) is 14.6. The largest absolute Gasteiger partial charge is 0.308 e. The zero-order valence-corrected chi connectivity index (χ0v) is 14.6. The number of ketones is 1. The molecule has 0 heterocycles. The second-order valence-electron chi connectivity index (χ2n) is 6.28. The van der Waals surface area contributed by atoms with Gasteiger partial charge in [-0.15, -0.1) is 0 Å². The Morgan fingerprint density at radius 3 is 2.50 bits per heavy atom. The van der Waals surface area contributed by atoms with Gasteiger partial charge in [-0.05, 0) is 42.2 Å². The summed E-state index contributed by atoms with van der Waals surface area (Å²) in [5.41, 5.74) is 3.38. The molecule has 26 heavy (non-hydrogen) atoms. The molecule has 3 rings (SSSR count). The van der Waals surface area contributed by atoms with Crippen LogP contribution in [0.5, 0.6) is 0 Å². The maximum Gasteiger partial charge on any atom is 0.189 e. The van der Waals surface area contributed by atoms with E-state index in [0.29, 0.717) is 18.7 Å². The van der Waals surface area contributed by atoms with Gasteiger partial charge in [-0.1, -0.05) is 60.7 Å². The van der Waals surface area contributed by atoms with E-state index in [1.54, 1.807) is 12.1 Å². The fraction of sp³-hybridized carbons (Fsp3) is 0.174. The van der Waals surface area contributed by atoms with Gasteiger partial charge in [-0.25, -0.2) is 4.39 Å². The van der Waals surface area contributed by atoms with E-state index in [1.165, 1.54) is 12.1 Å². The van der Waals surface area contributed by atoms with Crippen molar-refractivity contribution in [3.63, 3.8) is 0 Å². The number of benzene rings is 2. The minimum absolute atomic E-state index is 0.0193. The number of carbonyl (C=O) groups excluding carboxylic acids is 1. The second kappa shape index (κ2) is 9.07. The lowest BCUT2D eigenvalue weighted by Crippen LogP contribution is -2.21. The van der Waals surface area contributed by atoms with Gasteiger partial charge < -0.3 is 5.32 Å².